The molecule has 0 bridgehead atoms. The summed E-state index contributed by atoms with van der Waals surface area (Å²) in [6, 6.07) is 4.69. The molecule has 0 saturated heterocycles. The molecule has 0 amide bonds. The molecule has 2 aromatic rings. The zero-order valence-electron chi connectivity index (χ0n) is 10.5. The Labute approximate surface area is 105 Å². The first kappa shape index (κ1) is 12.3. The van der Waals surface area contributed by atoms with Gasteiger partial charge >= 0.3 is 0 Å². The maximum Gasteiger partial charge on any atom is 0.165 e. The van der Waals surface area contributed by atoms with Crippen molar-refractivity contribution in [2.24, 2.45) is 0 Å². The molecule has 1 heterocycles. The number of nitrogens with zero attached hydrogens (tertiary/aromatic N) is 2. The molecule has 1 aromatic carbocycles. The van der Waals surface area contributed by atoms with E-state index in [1.165, 1.54) is 13.2 Å². The van der Waals surface area contributed by atoms with Crippen LogP contribution in [-0.4, -0.2) is 17.3 Å². The van der Waals surface area contributed by atoms with Crippen LogP contribution in [-0.2, 0) is 0 Å². The molecule has 0 aliphatic carbocycles. The monoisotopic (exact) mass is 247 g/mol. The Bertz CT molecular complexity index is 599. The second-order valence-electron chi connectivity index (χ2n) is 4.03. The number of nitrogen functional groups attached to an aromatic ring is 1. The van der Waals surface area contributed by atoms with E-state index >= 15 is 0 Å². The van der Waals surface area contributed by atoms with Crippen molar-refractivity contribution in [1.29, 1.82) is 0 Å². The van der Waals surface area contributed by atoms with Crippen molar-refractivity contribution < 1.29 is 9.13 Å². The third-order valence-corrected chi connectivity index (χ3v) is 2.98. The third-order valence-electron chi connectivity index (χ3n) is 2.98. The summed E-state index contributed by atoms with van der Waals surface area (Å²) in [5.41, 5.74) is 8.71. The highest BCUT2D eigenvalue weighted by atomic mass is 19.1. The average Bonchev–Trinajstić information content (AvgIpc) is 2.36. The predicted octanol–water partition coefficient (Wildman–Crippen LogP) is 2.49. The number of methoxy groups -OCH3 is 1. The molecule has 0 aliphatic rings. The first-order chi connectivity index (χ1) is 8.54. The van der Waals surface area contributed by atoms with E-state index in [2.05, 4.69) is 10.2 Å². The van der Waals surface area contributed by atoms with Crippen molar-refractivity contribution in [1.82, 2.24) is 10.2 Å². The highest BCUT2D eigenvalue weighted by Crippen LogP contribution is 2.28. The Morgan fingerprint density at radius 2 is 1.89 bits per heavy atom. The Kier molecular flexibility index (Phi) is 3.14. The van der Waals surface area contributed by atoms with E-state index in [9.17, 15) is 4.39 Å². The lowest BCUT2D eigenvalue weighted by Crippen LogP contribution is -2.02. The number of hydrogen-bond donors (Lipinski definition) is 1. The minimum Gasteiger partial charge on any atom is -0.494 e. The van der Waals surface area contributed by atoms with Crippen molar-refractivity contribution in [3.05, 3.63) is 35.1 Å². The van der Waals surface area contributed by atoms with Gasteiger partial charge < -0.3 is 10.5 Å². The number of hydrogen-bond acceptors (Lipinski definition) is 4. The zero-order chi connectivity index (χ0) is 13.3. The van der Waals surface area contributed by atoms with Crippen LogP contribution in [0.4, 0.5) is 10.2 Å². The number of rotatable bonds is 2. The molecule has 0 unspecified atom stereocenters. The molecule has 2 N–H and O–H groups in total. The number of halogens is 1. The molecule has 94 valence electrons. The smallest absolute Gasteiger partial charge is 0.165 e. The summed E-state index contributed by atoms with van der Waals surface area (Å²) in [5, 5.41) is 7.89. The molecule has 0 radical (unpaired) electrons. The minimum absolute atomic E-state index is 0.205. The van der Waals surface area contributed by atoms with Gasteiger partial charge in [-0.3, -0.25) is 0 Å². The van der Waals surface area contributed by atoms with Crippen LogP contribution in [0.25, 0.3) is 11.3 Å². The van der Waals surface area contributed by atoms with Gasteiger partial charge in [-0.2, -0.15) is 0 Å². The van der Waals surface area contributed by atoms with Crippen LogP contribution >= 0.6 is 0 Å². The Morgan fingerprint density at radius 1 is 1.17 bits per heavy atom. The summed E-state index contributed by atoms with van der Waals surface area (Å²) in [7, 11) is 1.43. The van der Waals surface area contributed by atoms with E-state index in [0.717, 1.165) is 11.1 Å². The fourth-order valence-corrected chi connectivity index (χ4v) is 1.71. The van der Waals surface area contributed by atoms with Crippen LogP contribution in [0.15, 0.2) is 18.2 Å². The van der Waals surface area contributed by atoms with Gasteiger partial charge in [-0.1, -0.05) is 0 Å². The SMILES string of the molecule is COc1ccc(-c2nnc(N)c(C)c2C)cc1F. The maximum absolute atomic E-state index is 13.6. The Morgan fingerprint density at radius 3 is 2.50 bits per heavy atom. The molecular formula is C13H14FN3O. The van der Waals surface area contributed by atoms with E-state index < -0.39 is 5.82 Å². The first-order valence-electron chi connectivity index (χ1n) is 5.48. The largest absolute Gasteiger partial charge is 0.494 e. The highest BCUT2D eigenvalue weighted by molar-refractivity contribution is 5.66. The van der Waals surface area contributed by atoms with Crippen molar-refractivity contribution >= 4 is 5.82 Å². The topological polar surface area (TPSA) is 61.0 Å². The van der Waals surface area contributed by atoms with E-state index in [4.69, 9.17) is 10.5 Å². The highest BCUT2D eigenvalue weighted by Gasteiger charge is 2.12. The van der Waals surface area contributed by atoms with Gasteiger partial charge in [0.15, 0.2) is 11.6 Å². The summed E-state index contributed by atoms with van der Waals surface area (Å²) < 4.78 is 18.5. The second-order valence-corrected chi connectivity index (χ2v) is 4.03. The summed E-state index contributed by atoms with van der Waals surface area (Å²) in [6.45, 7) is 3.75. The first-order valence-corrected chi connectivity index (χ1v) is 5.48. The fourth-order valence-electron chi connectivity index (χ4n) is 1.71. The van der Waals surface area contributed by atoms with Crippen LogP contribution in [0.5, 0.6) is 5.75 Å². The van der Waals surface area contributed by atoms with Gasteiger partial charge in [0.1, 0.15) is 5.82 Å². The molecule has 2 rings (SSSR count). The molecule has 0 spiro atoms. The average molecular weight is 247 g/mol. The minimum atomic E-state index is -0.425. The molecule has 0 atom stereocenters. The van der Waals surface area contributed by atoms with E-state index in [1.54, 1.807) is 12.1 Å². The second kappa shape index (κ2) is 4.60. The number of ether oxygens (including phenoxy) is 1. The molecule has 18 heavy (non-hydrogen) atoms. The molecule has 4 nitrogen and oxygen atoms in total. The van der Waals surface area contributed by atoms with E-state index in [-0.39, 0.29) is 5.75 Å². The summed E-state index contributed by atoms with van der Waals surface area (Å²) in [5.74, 6) is 0.174. The molecule has 0 fully saturated rings. The normalized spacial score (nSPS) is 10.4. The Balaban J connectivity index is 2.56. The van der Waals surface area contributed by atoms with Crippen molar-refractivity contribution in [2.45, 2.75) is 13.8 Å². The number of anilines is 1. The quantitative estimate of drug-likeness (QED) is 0.885. The standard InChI is InChI=1S/C13H14FN3O/c1-7-8(2)13(15)17-16-12(7)9-4-5-11(18-3)10(14)6-9/h4-6H,1-3H3,(H2,15,17). The van der Waals surface area contributed by atoms with Crippen molar-refractivity contribution in [2.75, 3.05) is 12.8 Å². The predicted molar refractivity (Wildman–Crippen MR) is 67.9 cm³/mol. The molecule has 0 aliphatic heterocycles. The van der Waals surface area contributed by atoms with Gasteiger partial charge in [-0.05, 0) is 43.2 Å². The Hall–Kier alpha value is -2.17. The summed E-state index contributed by atoms with van der Waals surface area (Å²) >= 11 is 0. The van der Waals surface area contributed by atoms with Crippen molar-refractivity contribution in [3.63, 3.8) is 0 Å². The summed E-state index contributed by atoms with van der Waals surface area (Å²) in [6.07, 6.45) is 0. The maximum atomic E-state index is 13.6. The lowest BCUT2D eigenvalue weighted by Gasteiger charge is -2.09. The van der Waals surface area contributed by atoms with Crippen LogP contribution in [0.3, 0.4) is 0 Å². The third kappa shape index (κ3) is 1.99. The van der Waals surface area contributed by atoms with Crippen LogP contribution in [0.1, 0.15) is 11.1 Å². The van der Waals surface area contributed by atoms with E-state index in [0.29, 0.717) is 17.1 Å². The number of benzene rings is 1. The number of nitrogens with two attached hydrogens (primary N) is 1. The lowest BCUT2D eigenvalue weighted by atomic mass is 10.0. The van der Waals surface area contributed by atoms with Gasteiger partial charge in [0.05, 0.1) is 12.8 Å². The van der Waals surface area contributed by atoms with Crippen LogP contribution in [0.2, 0.25) is 0 Å². The van der Waals surface area contributed by atoms with Gasteiger partial charge in [-0.25, -0.2) is 4.39 Å². The van der Waals surface area contributed by atoms with Crippen molar-refractivity contribution in [3.8, 4) is 17.0 Å². The fraction of sp³-hybridized carbons (Fsp3) is 0.231. The van der Waals surface area contributed by atoms with E-state index in [1.807, 2.05) is 13.8 Å². The van der Waals surface area contributed by atoms with Gasteiger partial charge in [0.25, 0.3) is 0 Å². The zero-order valence-corrected chi connectivity index (χ0v) is 10.5. The van der Waals surface area contributed by atoms with Gasteiger partial charge in [-0.15, -0.1) is 10.2 Å². The molecular weight excluding hydrogens is 233 g/mol. The van der Waals surface area contributed by atoms with Gasteiger partial charge in [0, 0.05) is 5.56 Å². The van der Waals surface area contributed by atoms with Gasteiger partial charge in [0.2, 0.25) is 0 Å². The molecule has 5 heteroatoms. The lowest BCUT2D eigenvalue weighted by molar-refractivity contribution is 0.386. The number of aromatic nitrogens is 2. The molecule has 0 saturated carbocycles. The summed E-state index contributed by atoms with van der Waals surface area (Å²) in [4.78, 5) is 0. The van der Waals surface area contributed by atoms with Crippen LogP contribution < -0.4 is 10.5 Å². The molecule has 1 aromatic heterocycles. The van der Waals surface area contributed by atoms with Crippen LogP contribution in [0, 0.1) is 19.7 Å².